The number of unbranched alkanes of at least 4 members (excludes halogenated alkanes) is 4. The zero-order valence-electron chi connectivity index (χ0n) is 12.9. The zero-order valence-corrected chi connectivity index (χ0v) is 12.9. The minimum atomic E-state index is 0.254. The van der Waals surface area contributed by atoms with Crippen LogP contribution in [0.4, 0.5) is 0 Å². The summed E-state index contributed by atoms with van der Waals surface area (Å²) in [5.41, 5.74) is 6.37. The topological polar surface area (TPSA) is 29.3 Å². The first-order chi connectivity index (χ1) is 8.68. The predicted octanol–water partition coefficient (Wildman–Crippen LogP) is 3.94. The molecule has 108 valence electrons. The summed E-state index contributed by atoms with van der Waals surface area (Å²) in [5.74, 6) is 0. The first-order valence-electron chi connectivity index (χ1n) is 8.14. The lowest BCUT2D eigenvalue weighted by Crippen LogP contribution is -2.53. The molecule has 1 saturated carbocycles. The molecule has 0 aliphatic heterocycles. The highest BCUT2D eigenvalue weighted by atomic mass is 15.2. The Morgan fingerprint density at radius 1 is 1.06 bits per heavy atom. The van der Waals surface area contributed by atoms with E-state index in [2.05, 4.69) is 25.7 Å². The van der Waals surface area contributed by atoms with Crippen molar-refractivity contribution in [2.75, 3.05) is 13.1 Å². The van der Waals surface area contributed by atoms with Gasteiger partial charge in [-0.15, -0.1) is 0 Å². The Balaban J connectivity index is 2.46. The highest BCUT2D eigenvalue weighted by molar-refractivity contribution is 4.96. The van der Waals surface area contributed by atoms with Gasteiger partial charge in [-0.2, -0.15) is 0 Å². The molecule has 0 spiro atoms. The van der Waals surface area contributed by atoms with Crippen molar-refractivity contribution in [1.29, 1.82) is 0 Å². The minimum absolute atomic E-state index is 0.254. The monoisotopic (exact) mass is 254 g/mol. The van der Waals surface area contributed by atoms with Crippen LogP contribution in [0.15, 0.2) is 0 Å². The zero-order chi connectivity index (χ0) is 13.4. The van der Waals surface area contributed by atoms with Gasteiger partial charge in [-0.3, -0.25) is 4.90 Å². The molecule has 0 aromatic heterocycles. The fraction of sp³-hybridized carbons (Fsp3) is 1.00. The second-order valence-corrected chi connectivity index (χ2v) is 6.29. The fourth-order valence-corrected chi connectivity index (χ4v) is 2.90. The van der Waals surface area contributed by atoms with Gasteiger partial charge in [0.2, 0.25) is 0 Å². The summed E-state index contributed by atoms with van der Waals surface area (Å²) in [4.78, 5) is 2.74. The van der Waals surface area contributed by atoms with Crippen molar-refractivity contribution in [2.45, 2.75) is 90.1 Å². The third-order valence-corrected chi connectivity index (χ3v) is 4.44. The number of rotatable bonds is 11. The van der Waals surface area contributed by atoms with Crippen LogP contribution >= 0.6 is 0 Å². The van der Waals surface area contributed by atoms with Gasteiger partial charge in [-0.1, -0.05) is 46.0 Å². The molecule has 0 aromatic rings. The lowest BCUT2D eigenvalue weighted by molar-refractivity contribution is 0.0875. The van der Waals surface area contributed by atoms with Crippen molar-refractivity contribution >= 4 is 0 Å². The summed E-state index contributed by atoms with van der Waals surface area (Å²) in [6.45, 7) is 9.03. The number of hydrogen-bond donors (Lipinski definition) is 1. The maximum atomic E-state index is 6.12. The van der Waals surface area contributed by atoms with Gasteiger partial charge >= 0.3 is 0 Å². The van der Waals surface area contributed by atoms with E-state index < -0.39 is 0 Å². The van der Waals surface area contributed by atoms with E-state index in [0.29, 0.717) is 0 Å². The van der Waals surface area contributed by atoms with Gasteiger partial charge in [0, 0.05) is 18.1 Å². The average Bonchev–Trinajstić information content (AvgIpc) is 3.19. The Morgan fingerprint density at radius 2 is 1.72 bits per heavy atom. The summed E-state index contributed by atoms with van der Waals surface area (Å²) in [5, 5.41) is 0. The summed E-state index contributed by atoms with van der Waals surface area (Å²) < 4.78 is 0. The van der Waals surface area contributed by atoms with E-state index in [4.69, 9.17) is 5.73 Å². The molecule has 0 aromatic carbocycles. The lowest BCUT2D eigenvalue weighted by Gasteiger charge is -2.41. The molecule has 1 atom stereocenters. The molecule has 2 heteroatoms. The maximum Gasteiger partial charge on any atom is 0.0306 e. The van der Waals surface area contributed by atoms with Crippen LogP contribution in [0.2, 0.25) is 0 Å². The molecular formula is C16H34N2. The van der Waals surface area contributed by atoms with Crippen molar-refractivity contribution in [2.24, 2.45) is 5.73 Å². The van der Waals surface area contributed by atoms with E-state index >= 15 is 0 Å². The van der Waals surface area contributed by atoms with Crippen LogP contribution in [0.5, 0.6) is 0 Å². The normalized spacial score (nSPS) is 19.2. The lowest BCUT2D eigenvalue weighted by atomic mass is 9.91. The Kier molecular flexibility index (Phi) is 7.25. The quantitative estimate of drug-likeness (QED) is 0.566. The van der Waals surface area contributed by atoms with E-state index in [0.717, 1.165) is 12.6 Å². The number of hydrogen-bond acceptors (Lipinski definition) is 2. The van der Waals surface area contributed by atoms with Gasteiger partial charge in [-0.05, 0) is 39.2 Å². The second-order valence-electron chi connectivity index (χ2n) is 6.29. The molecule has 1 aliphatic rings. The van der Waals surface area contributed by atoms with Gasteiger partial charge in [0.1, 0.15) is 0 Å². The highest BCUT2D eigenvalue weighted by Gasteiger charge is 2.39. The molecule has 0 bridgehead atoms. The molecule has 1 unspecified atom stereocenters. The molecule has 18 heavy (non-hydrogen) atoms. The van der Waals surface area contributed by atoms with Gasteiger partial charge in [0.15, 0.2) is 0 Å². The Labute approximate surface area is 114 Å². The Bertz CT molecular complexity index is 213. The summed E-state index contributed by atoms with van der Waals surface area (Å²) >= 11 is 0. The fourth-order valence-electron chi connectivity index (χ4n) is 2.90. The Hall–Kier alpha value is -0.0800. The molecular weight excluding hydrogens is 220 g/mol. The van der Waals surface area contributed by atoms with Crippen LogP contribution in [0.3, 0.4) is 0 Å². The first-order valence-corrected chi connectivity index (χ1v) is 8.14. The van der Waals surface area contributed by atoms with Crippen LogP contribution in [-0.4, -0.2) is 29.6 Å². The number of nitrogens with zero attached hydrogens (tertiary/aromatic N) is 1. The van der Waals surface area contributed by atoms with E-state index in [1.165, 1.54) is 64.3 Å². The van der Waals surface area contributed by atoms with Gasteiger partial charge < -0.3 is 5.73 Å². The Morgan fingerprint density at radius 3 is 2.22 bits per heavy atom. The van der Waals surface area contributed by atoms with Gasteiger partial charge in [0.25, 0.3) is 0 Å². The summed E-state index contributed by atoms with van der Waals surface area (Å²) in [6, 6.07) is 0.844. The van der Waals surface area contributed by atoms with Crippen molar-refractivity contribution in [1.82, 2.24) is 4.90 Å². The molecule has 0 radical (unpaired) electrons. The van der Waals surface area contributed by atoms with Crippen LogP contribution in [0.25, 0.3) is 0 Å². The molecule has 0 heterocycles. The van der Waals surface area contributed by atoms with Crippen LogP contribution in [-0.2, 0) is 0 Å². The van der Waals surface area contributed by atoms with Crippen molar-refractivity contribution < 1.29 is 0 Å². The molecule has 0 saturated heterocycles. The molecule has 1 fully saturated rings. The van der Waals surface area contributed by atoms with E-state index in [9.17, 15) is 0 Å². The SMILES string of the molecule is CCCCCCC(C)(CN)N(CCCC)C1CC1. The maximum absolute atomic E-state index is 6.12. The van der Waals surface area contributed by atoms with Crippen LogP contribution in [0.1, 0.15) is 78.6 Å². The highest BCUT2D eigenvalue weighted by Crippen LogP contribution is 2.35. The molecule has 2 N–H and O–H groups in total. The van der Waals surface area contributed by atoms with Crippen molar-refractivity contribution in [3.05, 3.63) is 0 Å². The van der Waals surface area contributed by atoms with Crippen molar-refractivity contribution in [3.8, 4) is 0 Å². The van der Waals surface area contributed by atoms with E-state index in [1.54, 1.807) is 0 Å². The summed E-state index contributed by atoms with van der Waals surface area (Å²) in [7, 11) is 0. The number of nitrogens with two attached hydrogens (primary N) is 1. The largest absolute Gasteiger partial charge is 0.329 e. The summed E-state index contributed by atoms with van der Waals surface area (Å²) in [6.07, 6.45) is 12.1. The third kappa shape index (κ3) is 4.89. The average molecular weight is 254 g/mol. The molecule has 1 rings (SSSR count). The minimum Gasteiger partial charge on any atom is -0.329 e. The molecule has 1 aliphatic carbocycles. The van der Waals surface area contributed by atoms with Gasteiger partial charge in [-0.25, -0.2) is 0 Å². The van der Waals surface area contributed by atoms with Crippen molar-refractivity contribution in [3.63, 3.8) is 0 Å². The van der Waals surface area contributed by atoms with E-state index in [-0.39, 0.29) is 5.54 Å². The predicted molar refractivity (Wildman–Crippen MR) is 80.9 cm³/mol. The van der Waals surface area contributed by atoms with Crippen LogP contribution in [0, 0.1) is 0 Å². The smallest absolute Gasteiger partial charge is 0.0306 e. The second kappa shape index (κ2) is 8.16. The third-order valence-electron chi connectivity index (χ3n) is 4.44. The van der Waals surface area contributed by atoms with Crippen LogP contribution < -0.4 is 5.73 Å². The first kappa shape index (κ1) is 16.0. The van der Waals surface area contributed by atoms with Gasteiger partial charge in [0.05, 0.1) is 0 Å². The van der Waals surface area contributed by atoms with E-state index in [1.807, 2.05) is 0 Å². The molecule has 0 amide bonds. The molecule has 2 nitrogen and oxygen atoms in total. The standard InChI is InChI=1S/C16H34N2/c1-4-6-8-9-12-16(3,14-17)18(13-7-5-2)15-10-11-15/h15H,4-14,17H2,1-3H3.